The Bertz CT molecular complexity index is 475. The molecule has 1 N–H and O–H groups in total. The van der Waals surface area contributed by atoms with Crippen LogP contribution < -0.4 is 9.61 Å². The summed E-state index contributed by atoms with van der Waals surface area (Å²) in [6.07, 6.45) is 0. The average molecular weight is 299 g/mol. The fraction of sp³-hybridized carbons (Fsp3) is 0.500. The Labute approximate surface area is 120 Å². The fourth-order valence-electron chi connectivity index (χ4n) is 1.52. The molecule has 0 aliphatic carbocycles. The van der Waals surface area contributed by atoms with E-state index < -0.39 is 7.52 Å². The molecule has 0 amide bonds. The van der Waals surface area contributed by atoms with Crippen LogP contribution in [0.3, 0.4) is 0 Å². The topological polar surface area (TPSA) is 64.6 Å². The van der Waals surface area contributed by atoms with Gasteiger partial charge >= 0.3 is 13.5 Å². The molecule has 1 aromatic rings. The van der Waals surface area contributed by atoms with Crippen molar-refractivity contribution in [1.29, 1.82) is 0 Å². The third-order valence-corrected chi connectivity index (χ3v) is 3.89. The molecule has 0 fully saturated rings. The Morgan fingerprint density at radius 1 is 1.25 bits per heavy atom. The Balaban J connectivity index is 2.45. The summed E-state index contributed by atoms with van der Waals surface area (Å²) in [6, 6.07) is 8.70. The van der Waals surface area contributed by atoms with Crippen molar-refractivity contribution in [1.82, 2.24) is 5.09 Å². The number of para-hydroxylation sites is 1. The summed E-state index contributed by atoms with van der Waals surface area (Å²) in [5.41, 5.74) is 0. The number of hydrogen-bond acceptors (Lipinski definition) is 4. The van der Waals surface area contributed by atoms with Crippen LogP contribution in [0.2, 0.25) is 0 Å². The SMILES string of the molecule is CC(C)C(=O)OC[C@H](C)NP(C)(=O)Oc1ccccc1. The number of esters is 1. The van der Waals surface area contributed by atoms with Crippen molar-refractivity contribution in [2.75, 3.05) is 13.3 Å². The Kier molecular flexibility index (Phi) is 6.24. The second-order valence-electron chi connectivity index (χ2n) is 5.07. The summed E-state index contributed by atoms with van der Waals surface area (Å²) >= 11 is 0. The molecule has 0 heterocycles. The molecule has 20 heavy (non-hydrogen) atoms. The lowest BCUT2D eigenvalue weighted by molar-refractivity contribution is -0.147. The Hall–Kier alpha value is -1.32. The van der Waals surface area contributed by atoms with Gasteiger partial charge in [0.1, 0.15) is 12.4 Å². The number of hydrogen-bond donors (Lipinski definition) is 1. The normalized spacial score (nSPS) is 15.4. The minimum Gasteiger partial charge on any atom is -0.464 e. The van der Waals surface area contributed by atoms with Crippen LogP contribution in [0.25, 0.3) is 0 Å². The molecule has 0 aromatic heterocycles. The van der Waals surface area contributed by atoms with E-state index in [2.05, 4.69) is 5.09 Å². The highest BCUT2D eigenvalue weighted by atomic mass is 31.2. The van der Waals surface area contributed by atoms with Crippen molar-refractivity contribution in [3.05, 3.63) is 30.3 Å². The number of rotatable bonds is 7. The number of ether oxygens (including phenoxy) is 1. The van der Waals surface area contributed by atoms with Gasteiger partial charge in [0.25, 0.3) is 0 Å². The lowest BCUT2D eigenvalue weighted by atomic mass is 10.2. The molecule has 1 unspecified atom stereocenters. The zero-order valence-electron chi connectivity index (χ0n) is 12.3. The molecule has 0 aliphatic heterocycles. The molecule has 0 saturated carbocycles. The summed E-state index contributed by atoms with van der Waals surface area (Å²) in [6.45, 7) is 6.99. The first-order valence-corrected chi connectivity index (χ1v) is 8.64. The standard InChI is InChI=1S/C14H22NO4P/c1-11(2)14(16)18-10-12(3)15-20(4,17)19-13-8-6-5-7-9-13/h5-9,11-12H,10H2,1-4H3,(H,15,17)/t12-,20?/m0/s1. The maximum Gasteiger partial charge on any atom is 0.313 e. The molecule has 0 spiro atoms. The van der Waals surface area contributed by atoms with Gasteiger partial charge in [0.05, 0.1) is 5.92 Å². The first kappa shape index (κ1) is 16.7. The van der Waals surface area contributed by atoms with Crippen molar-refractivity contribution < 1.29 is 18.6 Å². The highest BCUT2D eigenvalue weighted by molar-refractivity contribution is 7.56. The molecule has 0 radical (unpaired) electrons. The Morgan fingerprint density at radius 2 is 1.85 bits per heavy atom. The molecule has 0 saturated heterocycles. The molecule has 2 atom stereocenters. The van der Waals surface area contributed by atoms with Crippen molar-refractivity contribution in [3.63, 3.8) is 0 Å². The van der Waals surface area contributed by atoms with Gasteiger partial charge in [-0.1, -0.05) is 32.0 Å². The van der Waals surface area contributed by atoms with E-state index in [9.17, 15) is 9.36 Å². The van der Waals surface area contributed by atoms with E-state index in [4.69, 9.17) is 9.26 Å². The minimum atomic E-state index is -3.00. The molecule has 0 aliphatic rings. The predicted molar refractivity (Wildman–Crippen MR) is 79.0 cm³/mol. The molecular formula is C14H22NO4P. The van der Waals surface area contributed by atoms with Gasteiger partial charge < -0.3 is 9.26 Å². The predicted octanol–water partition coefficient (Wildman–Crippen LogP) is 3.07. The summed E-state index contributed by atoms with van der Waals surface area (Å²) in [5.74, 6) is 0.0990. The van der Waals surface area contributed by atoms with E-state index in [0.717, 1.165) is 0 Å². The van der Waals surface area contributed by atoms with E-state index >= 15 is 0 Å². The van der Waals surface area contributed by atoms with E-state index in [1.807, 2.05) is 18.2 Å². The summed E-state index contributed by atoms with van der Waals surface area (Å²) in [4.78, 5) is 11.4. The Morgan fingerprint density at radius 3 is 2.40 bits per heavy atom. The quantitative estimate of drug-likeness (QED) is 0.619. The highest BCUT2D eigenvalue weighted by Gasteiger charge is 2.21. The van der Waals surface area contributed by atoms with Gasteiger partial charge in [0, 0.05) is 12.7 Å². The van der Waals surface area contributed by atoms with Crippen LogP contribution in [-0.2, 0) is 14.1 Å². The van der Waals surface area contributed by atoms with Crippen molar-refractivity contribution in [2.45, 2.75) is 26.8 Å². The van der Waals surface area contributed by atoms with Gasteiger partial charge in [-0.2, -0.15) is 0 Å². The van der Waals surface area contributed by atoms with E-state index in [0.29, 0.717) is 5.75 Å². The van der Waals surface area contributed by atoms with Crippen LogP contribution >= 0.6 is 7.52 Å². The maximum absolute atomic E-state index is 12.3. The van der Waals surface area contributed by atoms with Crippen LogP contribution in [0.15, 0.2) is 30.3 Å². The monoisotopic (exact) mass is 299 g/mol. The van der Waals surface area contributed by atoms with E-state index in [1.165, 1.54) is 6.66 Å². The fourth-order valence-corrected chi connectivity index (χ4v) is 2.97. The van der Waals surface area contributed by atoms with Gasteiger partial charge in [0.15, 0.2) is 0 Å². The van der Waals surface area contributed by atoms with Crippen LogP contribution in [0.1, 0.15) is 20.8 Å². The van der Waals surface area contributed by atoms with Crippen LogP contribution in [0.4, 0.5) is 0 Å². The first-order chi connectivity index (χ1) is 9.30. The van der Waals surface area contributed by atoms with Crippen LogP contribution in [-0.4, -0.2) is 25.3 Å². The molecule has 5 nitrogen and oxygen atoms in total. The lowest BCUT2D eigenvalue weighted by Crippen LogP contribution is -2.31. The summed E-state index contributed by atoms with van der Waals surface area (Å²) in [7, 11) is -3.00. The van der Waals surface area contributed by atoms with Crippen LogP contribution in [0.5, 0.6) is 5.75 Å². The lowest BCUT2D eigenvalue weighted by Gasteiger charge is -2.21. The van der Waals surface area contributed by atoms with Gasteiger partial charge in [-0.25, -0.2) is 5.09 Å². The smallest absolute Gasteiger partial charge is 0.313 e. The van der Waals surface area contributed by atoms with Gasteiger partial charge in [-0.15, -0.1) is 0 Å². The molecular weight excluding hydrogens is 277 g/mol. The third kappa shape index (κ3) is 6.22. The second-order valence-corrected chi connectivity index (χ2v) is 7.20. The average Bonchev–Trinajstić information content (AvgIpc) is 2.35. The zero-order valence-corrected chi connectivity index (χ0v) is 13.2. The molecule has 1 rings (SSSR count). The number of carbonyl (C=O) groups is 1. The van der Waals surface area contributed by atoms with E-state index in [1.54, 1.807) is 32.9 Å². The zero-order chi connectivity index (χ0) is 15.2. The molecule has 1 aromatic carbocycles. The third-order valence-electron chi connectivity index (χ3n) is 2.42. The molecule has 112 valence electrons. The van der Waals surface area contributed by atoms with Crippen molar-refractivity contribution in [2.24, 2.45) is 5.92 Å². The van der Waals surface area contributed by atoms with Gasteiger partial charge in [-0.05, 0) is 19.1 Å². The largest absolute Gasteiger partial charge is 0.464 e. The second kappa shape index (κ2) is 7.46. The minimum absolute atomic E-state index is 0.160. The maximum atomic E-state index is 12.3. The summed E-state index contributed by atoms with van der Waals surface area (Å²) < 4.78 is 22.8. The number of carbonyl (C=O) groups excluding carboxylic acids is 1. The summed E-state index contributed by atoms with van der Waals surface area (Å²) in [5, 5.41) is 2.86. The highest BCUT2D eigenvalue weighted by Crippen LogP contribution is 2.39. The van der Waals surface area contributed by atoms with Crippen molar-refractivity contribution >= 4 is 13.5 Å². The van der Waals surface area contributed by atoms with Gasteiger partial charge in [-0.3, -0.25) is 9.36 Å². The first-order valence-electron chi connectivity index (χ1n) is 6.57. The van der Waals surface area contributed by atoms with Crippen LogP contribution in [0, 0.1) is 5.92 Å². The number of benzene rings is 1. The molecule has 6 heteroatoms. The van der Waals surface area contributed by atoms with Crippen molar-refractivity contribution in [3.8, 4) is 5.75 Å². The number of nitrogens with one attached hydrogen (secondary N) is 1. The molecule has 0 bridgehead atoms. The van der Waals surface area contributed by atoms with Gasteiger partial charge in [0.2, 0.25) is 0 Å². The van der Waals surface area contributed by atoms with E-state index in [-0.39, 0.29) is 24.5 Å².